The van der Waals surface area contributed by atoms with E-state index in [9.17, 15) is 4.79 Å². The smallest absolute Gasteiger partial charge is 0.347 e. The van der Waals surface area contributed by atoms with Gasteiger partial charge in [0.15, 0.2) is 24.5 Å². The van der Waals surface area contributed by atoms with Crippen molar-refractivity contribution < 1.29 is 35.8 Å². The van der Waals surface area contributed by atoms with E-state index in [1.165, 1.54) is 25.2 Å². The van der Waals surface area contributed by atoms with E-state index in [-0.39, 0.29) is 17.0 Å². The third-order valence-corrected chi connectivity index (χ3v) is 3.92. The molecule has 1 N–H and O–H groups in total. The highest BCUT2D eigenvalue weighted by molar-refractivity contribution is 5.91. The summed E-state index contributed by atoms with van der Waals surface area (Å²) in [5.74, 6) is 0.114. The second kappa shape index (κ2) is 7.97. The van der Waals surface area contributed by atoms with Crippen LogP contribution >= 0.6 is 0 Å². The summed E-state index contributed by atoms with van der Waals surface area (Å²) in [7, 11) is 2.91. The van der Waals surface area contributed by atoms with Gasteiger partial charge in [-0.05, 0) is 11.6 Å². The number of nitrogens with one attached hydrogen (secondary N) is 1. The van der Waals surface area contributed by atoms with Crippen LogP contribution in [0.2, 0.25) is 0 Å². The highest BCUT2D eigenvalue weighted by Gasteiger charge is 2.18. The number of hydrogen-bond donors (Lipinski definition) is 1. The first-order valence-corrected chi connectivity index (χ1v) is 7.43. The van der Waals surface area contributed by atoms with E-state index in [0.29, 0.717) is 11.3 Å². The number of aromatic amines is 1. The molecular weight excluding hydrogens is 372 g/mol. The number of nitrogens with zero attached hydrogens (tertiary/aromatic N) is 1. The van der Waals surface area contributed by atoms with Crippen LogP contribution in [0, 0.1) is 0 Å². The molecule has 6 heteroatoms. The zero-order valence-corrected chi connectivity index (χ0v) is 15.2. The molecule has 0 bridgehead atoms. The van der Waals surface area contributed by atoms with Gasteiger partial charge in [0.1, 0.15) is 5.75 Å². The number of hydrogen-bond acceptors (Lipinski definition) is 3. The van der Waals surface area contributed by atoms with Gasteiger partial charge in [-0.2, -0.15) is 0 Å². The quantitative estimate of drug-likeness (QED) is 0.471. The van der Waals surface area contributed by atoms with Gasteiger partial charge in [-0.15, -0.1) is 0 Å². The minimum atomic E-state index is -0.400. The summed E-state index contributed by atoms with van der Waals surface area (Å²) in [6, 6.07) is 10.0. The molecule has 2 aromatic heterocycles. The number of ether oxygens (including phenoxy) is 2. The van der Waals surface area contributed by atoms with Gasteiger partial charge in [-0.1, -0.05) is 18.2 Å². The van der Waals surface area contributed by atoms with Crippen LogP contribution in [0.15, 0.2) is 48.9 Å². The van der Waals surface area contributed by atoms with Gasteiger partial charge in [0.2, 0.25) is 0 Å². The van der Waals surface area contributed by atoms with Crippen molar-refractivity contribution in [2.45, 2.75) is 13.0 Å². The molecule has 0 saturated heterocycles. The van der Waals surface area contributed by atoms with Gasteiger partial charge >= 0.3 is 5.97 Å². The van der Waals surface area contributed by atoms with Crippen molar-refractivity contribution in [2.24, 2.45) is 0 Å². The summed E-state index contributed by atoms with van der Waals surface area (Å²) in [5.41, 5.74) is 2.82. The molecule has 2 heterocycles. The molecule has 3 rings (SSSR count). The highest BCUT2D eigenvalue weighted by Crippen LogP contribution is 2.19. The molecule has 0 radical (unpaired) electrons. The average Bonchev–Trinajstić information content (AvgIpc) is 3.02. The van der Waals surface area contributed by atoms with Crippen molar-refractivity contribution in [3.8, 4) is 5.75 Å². The second-order valence-electron chi connectivity index (χ2n) is 5.27. The highest BCUT2D eigenvalue weighted by atomic mass is 79.9. The molecule has 5 nitrogen and oxygen atoms in total. The fourth-order valence-corrected chi connectivity index (χ4v) is 2.69. The number of fused-ring (bicyclic) bond motifs is 1. The topological polar surface area (TPSA) is 55.2 Å². The Bertz CT molecular complexity index is 845. The minimum Gasteiger partial charge on any atom is -1.00 e. The van der Waals surface area contributed by atoms with Crippen LogP contribution in [-0.2, 0) is 17.7 Å². The fourth-order valence-electron chi connectivity index (χ4n) is 2.69. The van der Waals surface area contributed by atoms with Gasteiger partial charge in [0, 0.05) is 29.6 Å². The molecule has 24 heavy (non-hydrogen) atoms. The second-order valence-corrected chi connectivity index (χ2v) is 5.27. The van der Waals surface area contributed by atoms with Gasteiger partial charge in [0.05, 0.1) is 14.2 Å². The van der Waals surface area contributed by atoms with E-state index in [1.807, 2.05) is 29.1 Å². The number of pyridine rings is 1. The summed E-state index contributed by atoms with van der Waals surface area (Å²) in [6.07, 6.45) is 6.57. The number of carbonyl (C=O) groups is 1. The number of aryl methyl sites for hydroxylation is 2. The van der Waals surface area contributed by atoms with Crippen molar-refractivity contribution in [3.05, 3.63) is 60.0 Å². The Morgan fingerprint density at radius 2 is 2.00 bits per heavy atom. The van der Waals surface area contributed by atoms with E-state index >= 15 is 0 Å². The number of rotatable bonds is 5. The molecule has 126 valence electrons. The van der Waals surface area contributed by atoms with Crippen LogP contribution in [0.4, 0.5) is 0 Å². The zero-order chi connectivity index (χ0) is 16.2. The largest absolute Gasteiger partial charge is 1.00 e. The molecule has 0 saturated carbocycles. The number of para-hydroxylation sites is 1. The van der Waals surface area contributed by atoms with Crippen LogP contribution in [0.25, 0.3) is 10.9 Å². The predicted octanol–water partition coefficient (Wildman–Crippen LogP) is -0.503. The standard InChI is InChI=1S/C18H19N2O3.BrH/c1-22-17-8-10-20(12-15(17)18(21)23-2)9-7-13-11-19-16-6-4-3-5-14(13)16;/h3-6,8,10-12,19H,7,9H2,1-2H3;1H/q+1;/p-1. The molecule has 1 aromatic carbocycles. The minimum absolute atomic E-state index is 0. The summed E-state index contributed by atoms with van der Waals surface area (Å²) >= 11 is 0. The predicted molar refractivity (Wildman–Crippen MR) is 86.5 cm³/mol. The molecule has 0 atom stereocenters. The molecule has 3 aromatic rings. The van der Waals surface area contributed by atoms with Crippen molar-refractivity contribution in [3.63, 3.8) is 0 Å². The Hall–Kier alpha value is -2.34. The SMILES string of the molecule is COC(=O)c1c[n+](CCc2c[nH]c3ccccc23)ccc1OC.[Br-]. The summed E-state index contributed by atoms with van der Waals surface area (Å²) in [5, 5.41) is 1.23. The van der Waals surface area contributed by atoms with Gasteiger partial charge in [-0.25, -0.2) is 9.36 Å². The Labute approximate surface area is 151 Å². The van der Waals surface area contributed by atoms with Crippen LogP contribution in [0.5, 0.6) is 5.75 Å². The van der Waals surface area contributed by atoms with Crippen LogP contribution in [0.3, 0.4) is 0 Å². The van der Waals surface area contributed by atoms with Crippen LogP contribution in [-0.4, -0.2) is 25.2 Å². The monoisotopic (exact) mass is 390 g/mol. The molecule has 0 fully saturated rings. The van der Waals surface area contributed by atoms with E-state index < -0.39 is 5.97 Å². The van der Waals surface area contributed by atoms with Crippen LogP contribution < -0.4 is 26.3 Å². The normalized spacial score (nSPS) is 10.2. The fraction of sp³-hybridized carbons (Fsp3) is 0.222. The average molecular weight is 391 g/mol. The zero-order valence-electron chi connectivity index (χ0n) is 13.6. The van der Waals surface area contributed by atoms with E-state index in [4.69, 9.17) is 9.47 Å². The summed E-state index contributed by atoms with van der Waals surface area (Å²) in [4.78, 5) is 15.1. The lowest BCUT2D eigenvalue weighted by molar-refractivity contribution is -0.696. The number of aromatic nitrogens is 2. The third-order valence-electron chi connectivity index (χ3n) is 3.92. The van der Waals surface area contributed by atoms with E-state index in [2.05, 4.69) is 17.1 Å². The van der Waals surface area contributed by atoms with Crippen molar-refractivity contribution in [2.75, 3.05) is 14.2 Å². The molecule has 0 spiro atoms. The Morgan fingerprint density at radius 1 is 1.21 bits per heavy atom. The molecule has 0 amide bonds. The molecular formula is C18H19BrN2O3. The maximum absolute atomic E-state index is 11.8. The number of carbonyl (C=O) groups excluding carboxylic acids is 1. The first-order valence-electron chi connectivity index (χ1n) is 7.43. The lowest BCUT2D eigenvalue weighted by Crippen LogP contribution is -3.00. The molecule has 0 aliphatic heterocycles. The third kappa shape index (κ3) is 3.59. The van der Waals surface area contributed by atoms with E-state index in [0.717, 1.165) is 18.5 Å². The Kier molecular flexibility index (Phi) is 5.98. The van der Waals surface area contributed by atoms with Crippen molar-refractivity contribution in [1.29, 1.82) is 0 Å². The molecule has 0 aliphatic carbocycles. The van der Waals surface area contributed by atoms with E-state index in [1.54, 1.807) is 12.3 Å². The van der Waals surface area contributed by atoms with Gasteiger partial charge < -0.3 is 31.4 Å². The first-order chi connectivity index (χ1) is 11.2. The number of esters is 1. The van der Waals surface area contributed by atoms with Gasteiger partial charge in [-0.3, -0.25) is 0 Å². The molecule has 0 aliphatic rings. The van der Waals surface area contributed by atoms with Gasteiger partial charge in [0.25, 0.3) is 0 Å². The first kappa shape index (κ1) is 18.0. The van der Waals surface area contributed by atoms with Crippen molar-refractivity contribution >= 4 is 16.9 Å². The summed E-state index contributed by atoms with van der Waals surface area (Å²) < 4.78 is 12.0. The number of methoxy groups -OCH3 is 2. The van der Waals surface area contributed by atoms with Crippen LogP contribution in [0.1, 0.15) is 15.9 Å². The molecule has 0 unspecified atom stereocenters. The summed E-state index contributed by atoms with van der Waals surface area (Å²) in [6.45, 7) is 0.760. The maximum atomic E-state index is 11.8. The lowest BCUT2D eigenvalue weighted by atomic mass is 10.1. The Morgan fingerprint density at radius 3 is 2.75 bits per heavy atom. The number of H-pyrrole nitrogens is 1. The number of benzene rings is 1. The lowest BCUT2D eigenvalue weighted by Gasteiger charge is -2.05. The maximum Gasteiger partial charge on any atom is 0.347 e. The number of halogens is 1. The Balaban J connectivity index is 0.00000208. The van der Waals surface area contributed by atoms with Crippen molar-refractivity contribution in [1.82, 2.24) is 4.98 Å².